The van der Waals surface area contributed by atoms with E-state index in [0.29, 0.717) is 13.2 Å². The van der Waals surface area contributed by atoms with Crippen molar-refractivity contribution in [3.8, 4) is 0 Å². The first-order valence-electron chi connectivity index (χ1n) is 5.71. The van der Waals surface area contributed by atoms with Crippen molar-refractivity contribution < 1.29 is 18.6 Å². The highest BCUT2D eigenvalue weighted by Crippen LogP contribution is 2.39. The van der Waals surface area contributed by atoms with Gasteiger partial charge >= 0.3 is 5.97 Å². The minimum Gasteiger partial charge on any atom is -0.460 e. The van der Waals surface area contributed by atoms with Crippen molar-refractivity contribution in [2.75, 3.05) is 13.2 Å². The Bertz CT molecular complexity index is 391. The first-order valence-corrected chi connectivity index (χ1v) is 6.88. The first-order chi connectivity index (χ1) is 8.69. The number of ether oxygens (including phenoxy) is 1. The number of esters is 1. The average molecular weight is 268 g/mol. The van der Waals surface area contributed by atoms with Gasteiger partial charge in [-0.25, -0.2) is 4.79 Å². The zero-order valence-electron chi connectivity index (χ0n) is 10.6. The van der Waals surface area contributed by atoms with Gasteiger partial charge in [-0.2, -0.15) is 0 Å². The zero-order valence-corrected chi connectivity index (χ0v) is 11.5. The molecule has 1 rings (SSSR count). The van der Waals surface area contributed by atoms with Crippen molar-refractivity contribution in [3.63, 3.8) is 0 Å². The van der Waals surface area contributed by atoms with Crippen LogP contribution < -0.4 is 5.30 Å². The standard InChI is InChI=1S/C13H17O4P/c1-4-15-13(14)11(3)17-18(16-5-2)12-9-7-6-8-10-12/h6-10H,3-5H2,1-2H3. The molecule has 0 saturated carbocycles. The van der Waals surface area contributed by atoms with Crippen LogP contribution >= 0.6 is 8.38 Å². The quantitative estimate of drug-likeness (QED) is 0.330. The van der Waals surface area contributed by atoms with Crippen molar-refractivity contribution in [2.45, 2.75) is 13.8 Å². The number of rotatable bonds is 7. The normalized spacial score (nSPS) is 11.7. The highest BCUT2D eigenvalue weighted by atomic mass is 31.2. The Morgan fingerprint density at radius 1 is 1.22 bits per heavy atom. The van der Waals surface area contributed by atoms with E-state index in [1.807, 2.05) is 37.3 Å². The maximum absolute atomic E-state index is 11.4. The van der Waals surface area contributed by atoms with Gasteiger partial charge in [0.25, 0.3) is 8.38 Å². The van der Waals surface area contributed by atoms with Crippen LogP contribution in [0.25, 0.3) is 0 Å². The molecule has 0 fully saturated rings. The fraction of sp³-hybridized carbons (Fsp3) is 0.308. The topological polar surface area (TPSA) is 44.8 Å². The highest BCUT2D eigenvalue weighted by molar-refractivity contribution is 7.56. The molecule has 18 heavy (non-hydrogen) atoms. The molecule has 0 N–H and O–H groups in total. The molecule has 0 aliphatic rings. The molecule has 98 valence electrons. The molecule has 1 atom stereocenters. The number of hydrogen-bond donors (Lipinski definition) is 0. The molecule has 4 nitrogen and oxygen atoms in total. The number of benzene rings is 1. The summed E-state index contributed by atoms with van der Waals surface area (Å²) in [6, 6.07) is 9.46. The second kappa shape index (κ2) is 7.85. The third-order valence-corrected chi connectivity index (χ3v) is 3.51. The van der Waals surface area contributed by atoms with Crippen LogP contribution in [0.15, 0.2) is 42.7 Å². The van der Waals surface area contributed by atoms with E-state index in [-0.39, 0.29) is 5.76 Å². The van der Waals surface area contributed by atoms with Crippen molar-refractivity contribution in [3.05, 3.63) is 42.7 Å². The number of hydrogen-bond acceptors (Lipinski definition) is 4. The van der Waals surface area contributed by atoms with Crippen molar-refractivity contribution in [1.29, 1.82) is 0 Å². The zero-order chi connectivity index (χ0) is 13.4. The molecule has 1 aromatic rings. The summed E-state index contributed by atoms with van der Waals surface area (Å²) in [5.41, 5.74) is 0. The minimum atomic E-state index is -1.34. The second-order valence-electron chi connectivity index (χ2n) is 3.25. The van der Waals surface area contributed by atoms with Gasteiger partial charge in [-0.3, -0.25) is 0 Å². The van der Waals surface area contributed by atoms with Crippen LogP contribution in [0.5, 0.6) is 0 Å². The molecule has 0 aliphatic carbocycles. The second-order valence-corrected chi connectivity index (χ2v) is 4.72. The molecule has 0 aromatic heterocycles. The lowest BCUT2D eigenvalue weighted by Crippen LogP contribution is -2.12. The molecular formula is C13H17O4P. The molecule has 0 aliphatic heterocycles. The van der Waals surface area contributed by atoms with Gasteiger partial charge in [0, 0.05) is 5.30 Å². The summed E-state index contributed by atoms with van der Waals surface area (Å²) in [4.78, 5) is 11.4. The molecule has 5 heteroatoms. The van der Waals surface area contributed by atoms with Crippen LogP contribution in [-0.4, -0.2) is 19.2 Å². The summed E-state index contributed by atoms with van der Waals surface area (Å²) in [5.74, 6) is -0.583. The number of carbonyl (C=O) groups is 1. The van der Waals surface area contributed by atoms with Crippen LogP contribution in [0.3, 0.4) is 0 Å². The lowest BCUT2D eigenvalue weighted by atomic mass is 10.4. The SMILES string of the molecule is C=C(OP(OCC)c1ccccc1)C(=O)OCC. The Balaban J connectivity index is 2.69. The van der Waals surface area contributed by atoms with Gasteiger partial charge in [0.05, 0.1) is 13.2 Å². The van der Waals surface area contributed by atoms with Gasteiger partial charge in [0.2, 0.25) is 5.76 Å². The third kappa shape index (κ3) is 4.47. The average Bonchev–Trinajstić information content (AvgIpc) is 2.39. The fourth-order valence-electron chi connectivity index (χ4n) is 1.17. The fourth-order valence-corrected chi connectivity index (χ4v) is 2.40. The van der Waals surface area contributed by atoms with E-state index in [4.69, 9.17) is 13.8 Å². The molecule has 1 unspecified atom stereocenters. The lowest BCUT2D eigenvalue weighted by molar-refractivity contribution is -0.140. The molecule has 0 radical (unpaired) electrons. The smallest absolute Gasteiger partial charge is 0.373 e. The minimum absolute atomic E-state index is 0.0275. The molecule has 1 aromatic carbocycles. The van der Waals surface area contributed by atoms with E-state index < -0.39 is 14.3 Å². The van der Waals surface area contributed by atoms with E-state index in [1.165, 1.54) is 0 Å². The molecular weight excluding hydrogens is 251 g/mol. The summed E-state index contributed by atoms with van der Waals surface area (Å²) in [5, 5.41) is 0.889. The van der Waals surface area contributed by atoms with Gasteiger partial charge in [-0.15, -0.1) is 0 Å². The van der Waals surface area contributed by atoms with E-state index >= 15 is 0 Å². The van der Waals surface area contributed by atoms with Gasteiger partial charge in [0.1, 0.15) is 0 Å². The van der Waals surface area contributed by atoms with Gasteiger partial charge in [-0.05, 0) is 32.6 Å². The van der Waals surface area contributed by atoms with Crippen LogP contribution in [-0.2, 0) is 18.6 Å². The Morgan fingerprint density at radius 3 is 2.44 bits per heavy atom. The Labute approximate surface area is 108 Å². The van der Waals surface area contributed by atoms with Gasteiger partial charge < -0.3 is 13.8 Å². The highest BCUT2D eigenvalue weighted by Gasteiger charge is 2.19. The van der Waals surface area contributed by atoms with Gasteiger partial charge in [0.15, 0.2) is 0 Å². The number of carbonyl (C=O) groups excluding carboxylic acids is 1. The predicted molar refractivity (Wildman–Crippen MR) is 71.5 cm³/mol. The van der Waals surface area contributed by atoms with Crippen molar-refractivity contribution in [2.24, 2.45) is 0 Å². The van der Waals surface area contributed by atoms with Crippen LogP contribution in [0.1, 0.15) is 13.8 Å². The molecule has 0 spiro atoms. The summed E-state index contributed by atoms with van der Waals surface area (Å²) in [6.07, 6.45) is 0. The summed E-state index contributed by atoms with van der Waals surface area (Å²) >= 11 is 0. The monoisotopic (exact) mass is 268 g/mol. The van der Waals surface area contributed by atoms with Crippen LogP contribution in [0.4, 0.5) is 0 Å². The lowest BCUT2D eigenvalue weighted by Gasteiger charge is -2.17. The van der Waals surface area contributed by atoms with Gasteiger partial charge in [-0.1, -0.05) is 18.2 Å². The Kier molecular flexibility index (Phi) is 6.40. The van der Waals surface area contributed by atoms with Crippen LogP contribution in [0, 0.1) is 0 Å². The van der Waals surface area contributed by atoms with Crippen LogP contribution in [0.2, 0.25) is 0 Å². The van der Waals surface area contributed by atoms with E-state index in [9.17, 15) is 4.79 Å². The maximum Gasteiger partial charge on any atom is 0.373 e. The van der Waals surface area contributed by atoms with Crippen molar-refractivity contribution in [1.82, 2.24) is 0 Å². The Hall–Kier alpha value is -1.38. The maximum atomic E-state index is 11.4. The third-order valence-electron chi connectivity index (χ3n) is 1.91. The predicted octanol–water partition coefficient (Wildman–Crippen LogP) is 2.75. The van der Waals surface area contributed by atoms with Crippen molar-refractivity contribution >= 4 is 19.6 Å². The van der Waals surface area contributed by atoms with E-state index in [2.05, 4.69) is 6.58 Å². The first kappa shape index (κ1) is 14.7. The summed E-state index contributed by atoms with van der Waals surface area (Å²) in [6.45, 7) is 7.95. The Morgan fingerprint density at radius 2 is 1.89 bits per heavy atom. The molecule has 0 saturated heterocycles. The van der Waals surface area contributed by atoms with E-state index in [1.54, 1.807) is 6.92 Å². The molecule has 0 bridgehead atoms. The largest absolute Gasteiger partial charge is 0.460 e. The molecule has 0 amide bonds. The summed E-state index contributed by atoms with van der Waals surface area (Å²) < 4.78 is 15.8. The van der Waals surface area contributed by atoms with E-state index in [0.717, 1.165) is 5.30 Å². The molecule has 0 heterocycles. The summed E-state index contributed by atoms with van der Waals surface area (Å²) in [7, 11) is -1.34.